The van der Waals surface area contributed by atoms with E-state index in [2.05, 4.69) is 15.0 Å². The van der Waals surface area contributed by atoms with Crippen LogP contribution in [0.3, 0.4) is 0 Å². The van der Waals surface area contributed by atoms with Gasteiger partial charge in [0.25, 0.3) is 5.56 Å². The maximum atomic E-state index is 11.6. The van der Waals surface area contributed by atoms with E-state index in [1.165, 1.54) is 12.7 Å². The average molecular weight is 316 g/mol. The van der Waals surface area contributed by atoms with E-state index in [0.717, 1.165) is 0 Å². The lowest BCUT2D eigenvalue weighted by Crippen LogP contribution is -2.15. The van der Waals surface area contributed by atoms with Crippen LogP contribution in [0.15, 0.2) is 17.4 Å². The van der Waals surface area contributed by atoms with Crippen molar-refractivity contribution >= 4 is 18.8 Å². The molecule has 3 rings (SSSR count). The minimum atomic E-state index is -4.22. The third-order valence-corrected chi connectivity index (χ3v) is 3.55. The molecule has 1 fully saturated rings. The van der Waals surface area contributed by atoms with Gasteiger partial charge in [0.05, 0.1) is 12.7 Å². The number of H-pyrrole nitrogens is 1. The molecule has 114 valence electrons. The van der Waals surface area contributed by atoms with Crippen molar-refractivity contribution in [3.05, 3.63) is 23.0 Å². The molecule has 3 heterocycles. The number of imidazole rings is 1. The first kappa shape index (κ1) is 14.4. The first-order valence-electron chi connectivity index (χ1n) is 6.16. The monoisotopic (exact) mass is 316 g/mol. The predicted octanol–water partition coefficient (Wildman–Crippen LogP) is -0.0935. The molecule has 11 heteroatoms. The number of nitrogens with zero attached hydrogens (tertiary/aromatic N) is 3. The molecule has 10 nitrogen and oxygen atoms in total. The molecular weight excluding hydrogens is 303 g/mol. The van der Waals surface area contributed by atoms with Crippen LogP contribution in [0.4, 0.5) is 0 Å². The molecule has 0 aliphatic carbocycles. The van der Waals surface area contributed by atoms with Gasteiger partial charge in [-0.05, 0) is 6.42 Å². The number of hydrogen-bond donors (Lipinski definition) is 3. The Hall–Kier alpha value is -1.58. The second-order valence-corrected chi connectivity index (χ2v) is 6.20. The van der Waals surface area contributed by atoms with Crippen molar-refractivity contribution in [2.45, 2.75) is 25.4 Å². The Morgan fingerprint density at radius 1 is 1.48 bits per heavy atom. The second kappa shape index (κ2) is 5.32. The van der Waals surface area contributed by atoms with Crippen molar-refractivity contribution < 1.29 is 23.8 Å². The van der Waals surface area contributed by atoms with Crippen LogP contribution < -0.4 is 5.56 Å². The summed E-state index contributed by atoms with van der Waals surface area (Å²) in [6, 6.07) is 0. The predicted molar refractivity (Wildman–Crippen MR) is 69.3 cm³/mol. The topological polar surface area (TPSA) is 140 Å². The molecule has 0 spiro atoms. The highest BCUT2D eigenvalue weighted by atomic mass is 31.2. The quantitative estimate of drug-likeness (QED) is 0.665. The minimum absolute atomic E-state index is 0.209. The van der Waals surface area contributed by atoms with Crippen LogP contribution in [0.25, 0.3) is 11.2 Å². The van der Waals surface area contributed by atoms with Crippen molar-refractivity contribution in [1.29, 1.82) is 0 Å². The van der Waals surface area contributed by atoms with E-state index in [1.54, 1.807) is 4.57 Å². The highest BCUT2D eigenvalue weighted by Gasteiger charge is 2.30. The number of hydrogen-bond acceptors (Lipinski definition) is 6. The van der Waals surface area contributed by atoms with Gasteiger partial charge in [-0.1, -0.05) is 0 Å². The van der Waals surface area contributed by atoms with Crippen molar-refractivity contribution in [2.24, 2.45) is 0 Å². The van der Waals surface area contributed by atoms with Crippen LogP contribution >= 0.6 is 7.60 Å². The lowest BCUT2D eigenvalue weighted by Gasteiger charge is -2.15. The minimum Gasteiger partial charge on any atom is -0.340 e. The summed E-state index contributed by atoms with van der Waals surface area (Å²) < 4.78 is 22.9. The van der Waals surface area contributed by atoms with Crippen LogP contribution in [0.1, 0.15) is 19.1 Å². The largest absolute Gasteiger partial charge is 0.351 e. The van der Waals surface area contributed by atoms with Gasteiger partial charge in [0.15, 0.2) is 23.8 Å². The zero-order chi connectivity index (χ0) is 15.0. The molecule has 2 aromatic heterocycles. The van der Waals surface area contributed by atoms with Crippen molar-refractivity contribution in [1.82, 2.24) is 19.5 Å². The summed E-state index contributed by atoms with van der Waals surface area (Å²) in [5, 5.41) is 0. The molecule has 1 aliphatic heterocycles. The lowest BCUT2D eigenvalue weighted by atomic mass is 10.3. The third-order valence-electron chi connectivity index (χ3n) is 3.06. The van der Waals surface area contributed by atoms with E-state index in [0.29, 0.717) is 18.5 Å². The fourth-order valence-electron chi connectivity index (χ4n) is 2.17. The number of rotatable bonds is 4. The summed E-state index contributed by atoms with van der Waals surface area (Å²) in [6.45, 7) is 0. The Bertz CT molecular complexity index is 751. The van der Waals surface area contributed by atoms with E-state index in [-0.39, 0.29) is 11.1 Å². The molecule has 0 unspecified atom stereocenters. The van der Waals surface area contributed by atoms with E-state index in [9.17, 15) is 9.36 Å². The van der Waals surface area contributed by atoms with Gasteiger partial charge in [-0.15, -0.1) is 0 Å². The third kappa shape index (κ3) is 3.04. The Kier molecular flexibility index (Phi) is 3.64. The molecule has 1 aliphatic rings. The number of nitrogens with one attached hydrogen (secondary N) is 1. The Morgan fingerprint density at radius 3 is 3.05 bits per heavy atom. The molecule has 1 saturated heterocycles. The van der Waals surface area contributed by atoms with Crippen molar-refractivity contribution in [3.63, 3.8) is 0 Å². The molecule has 3 N–H and O–H groups in total. The summed E-state index contributed by atoms with van der Waals surface area (Å²) in [7, 11) is -4.22. The molecule has 21 heavy (non-hydrogen) atoms. The highest BCUT2D eigenvalue weighted by molar-refractivity contribution is 7.51. The molecule has 0 aromatic carbocycles. The van der Waals surface area contributed by atoms with E-state index >= 15 is 0 Å². The average Bonchev–Trinajstić information content (AvgIpc) is 3.02. The van der Waals surface area contributed by atoms with Crippen molar-refractivity contribution in [3.8, 4) is 0 Å². The summed E-state index contributed by atoms with van der Waals surface area (Å²) in [4.78, 5) is 39.6. The van der Waals surface area contributed by atoms with Gasteiger partial charge in [0.2, 0.25) is 0 Å². The van der Waals surface area contributed by atoms with E-state index < -0.39 is 26.5 Å². The van der Waals surface area contributed by atoms with Gasteiger partial charge < -0.3 is 24.2 Å². The highest BCUT2D eigenvalue weighted by Crippen LogP contribution is 2.37. The summed E-state index contributed by atoms with van der Waals surface area (Å²) in [6.07, 6.45) is 1.93. The zero-order valence-corrected chi connectivity index (χ0v) is 11.6. The van der Waals surface area contributed by atoms with Crippen LogP contribution in [-0.2, 0) is 14.0 Å². The summed E-state index contributed by atoms with van der Waals surface area (Å²) in [5.41, 5.74) is 0.256. The molecule has 0 amide bonds. The van der Waals surface area contributed by atoms with Gasteiger partial charge in [-0.2, -0.15) is 0 Å². The molecule has 2 atom stereocenters. The Balaban J connectivity index is 1.75. The number of ether oxygens (including phenoxy) is 2. The van der Waals surface area contributed by atoms with Gasteiger partial charge in [-0.25, -0.2) is 9.97 Å². The number of aromatic amines is 1. The molecule has 0 saturated carbocycles. The standard InChI is InChI=1S/C10H13N4O6P/c15-10-8-9(11-3-12-10)14(4-13-8)6-1-2-7(20-6)19-5-21(16,17)18/h3-4,6-7H,1-2,5H2,(H,11,12,15)(H2,16,17,18)/t6-,7+/m1/s1. The summed E-state index contributed by atoms with van der Waals surface area (Å²) >= 11 is 0. The Labute approximate surface area is 117 Å². The molecule has 0 bridgehead atoms. The Morgan fingerprint density at radius 2 is 2.29 bits per heavy atom. The van der Waals surface area contributed by atoms with Crippen LogP contribution in [0.2, 0.25) is 0 Å². The molecular formula is C10H13N4O6P. The van der Waals surface area contributed by atoms with Gasteiger partial charge in [0, 0.05) is 6.42 Å². The molecule has 2 aromatic rings. The smallest absolute Gasteiger partial charge is 0.340 e. The lowest BCUT2D eigenvalue weighted by molar-refractivity contribution is -0.140. The maximum absolute atomic E-state index is 11.6. The van der Waals surface area contributed by atoms with Gasteiger partial charge in [0.1, 0.15) is 6.23 Å². The van der Waals surface area contributed by atoms with Crippen molar-refractivity contribution in [2.75, 3.05) is 6.35 Å². The SMILES string of the molecule is O=c1[nH]cnc2c1ncn2[C@H]1CC[C@@H](OCP(=O)(O)O)O1. The fraction of sp³-hybridized carbons (Fsp3) is 0.500. The van der Waals surface area contributed by atoms with E-state index in [4.69, 9.17) is 19.3 Å². The second-order valence-electron chi connectivity index (χ2n) is 4.61. The maximum Gasteiger partial charge on any atom is 0.351 e. The van der Waals surface area contributed by atoms with Gasteiger partial charge in [-0.3, -0.25) is 13.9 Å². The first-order valence-corrected chi connectivity index (χ1v) is 7.96. The summed E-state index contributed by atoms with van der Waals surface area (Å²) in [5.74, 6) is 0. The van der Waals surface area contributed by atoms with Crippen LogP contribution in [-0.4, -0.2) is 41.9 Å². The number of aromatic nitrogens is 4. The zero-order valence-electron chi connectivity index (χ0n) is 10.7. The fourth-order valence-corrected chi connectivity index (χ4v) is 2.53. The number of fused-ring (bicyclic) bond motifs is 1. The van der Waals surface area contributed by atoms with Gasteiger partial charge >= 0.3 is 7.60 Å². The van der Waals surface area contributed by atoms with Crippen LogP contribution in [0.5, 0.6) is 0 Å². The first-order chi connectivity index (χ1) is 9.94. The normalized spacial score (nSPS) is 23.0. The molecule has 0 radical (unpaired) electrons. The van der Waals surface area contributed by atoms with E-state index in [1.807, 2.05) is 0 Å². The van der Waals surface area contributed by atoms with Crippen LogP contribution in [0, 0.1) is 0 Å².